The quantitative estimate of drug-likeness (QED) is 0.276. The normalized spacial score (nSPS) is 13.8. The zero-order chi connectivity index (χ0) is 27.6. The number of amides is 1. The monoisotopic (exact) mass is 533 g/mol. The summed E-state index contributed by atoms with van der Waals surface area (Å²) in [4.78, 5) is 28.2. The molecule has 202 valence electrons. The second kappa shape index (κ2) is 10.8. The van der Waals surface area contributed by atoms with Gasteiger partial charge >= 0.3 is 0 Å². The molecule has 0 saturated carbocycles. The summed E-state index contributed by atoms with van der Waals surface area (Å²) in [6.45, 7) is 6.03. The van der Waals surface area contributed by atoms with Gasteiger partial charge in [-0.1, -0.05) is 12.1 Å². The SMILES string of the molecule is CC(C)N1CC(NC(=O)c2cc(Oc3ccc4c(c3)nc(Nc3cccc(-c5ccncc5)c3)n4C)ccn2)C1. The van der Waals surface area contributed by atoms with Crippen LogP contribution in [0.5, 0.6) is 11.5 Å². The second-order valence-corrected chi connectivity index (χ2v) is 10.3. The van der Waals surface area contributed by atoms with Crippen molar-refractivity contribution in [1.29, 1.82) is 0 Å². The number of fused-ring (bicyclic) bond motifs is 1. The Hall–Kier alpha value is -4.76. The Balaban J connectivity index is 1.15. The lowest BCUT2D eigenvalue weighted by atomic mass is 10.1. The van der Waals surface area contributed by atoms with Crippen LogP contribution in [0.3, 0.4) is 0 Å². The predicted molar refractivity (Wildman–Crippen MR) is 156 cm³/mol. The fourth-order valence-corrected chi connectivity index (χ4v) is 4.82. The highest BCUT2D eigenvalue weighted by atomic mass is 16.5. The zero-order valence-electron chi connectivity index (χ0n) is 22.7. The summed E-state index contributed by atoms with van der Waals surface area (Å²) in [5.41, 5.74) is 5.22. The molecule has 4 heterocycles. The van der Waals surface area contributed by atoms with Gasteiger partial charge in [0.2, 0.25) is 5.95 Å². The summed E-state index contributed by atoms with van der Waals surface area (Å²) in [5.74, 6) is 1.69. The lowest BCUT2D eigenvalue weighted by Crippen LogP contribution is -2.61. The number of aromatic nitrogens is 4. The molecule has 0 radical (unpaired) electrons. The molecular formula is C31H31N7O2. The number of carbonyl (C=O) groups is 1. The van der Waals surface area contributed by atoms with Crippen LogP contribution in [-0.4, -0.2) is 55.5 Å². The third-order valence-corrected chi connectivity index (χ3v) is 7.16. The molecule has 0 atom stereocenters. The van der Waals surface area contributed by atoms with E-state index in [1.54, 1.807) is 30.7 Å². The Morgan fingerprint density at radius 2 is 1.75 bits per heavy atom. The predicted octanol–water partition coefficient (Wildman–Crippen LogP) is 5.39. The van der Waals surface area contributed by atoms with Crippen LogP contribution in [0.15, 0.2) is 85.3 Å². The lowest BCUT2D eigenvalue weighted by molar-refractivity contribution is 0.0710. The molecule has 1 amide bonds. The first-order valence-corrected chi connectivity index (χ1v) is 13.4. The third kappa shape index (κ3) is 5.37. The summed E-state index contributed by atoms with van der Waals surface area (Å²) < 4.78 is 8.11. The Bertz CT molecular complexity index is 1660. The molecule has 0 unspecified atom stereocenters. The molecule has 1 aliphatic rings. The van der Waals surface area contributed by atoms with Crippen LogP contribution in [0.25, 0.3) is 22.2 Å². The average Bonchev–Trinajstić information content (AvgIpc) is 3.24. The van der Waals surface area contributed by atoms with E-state index in [0.717, 1.165) is 40.9 Å². The summed E-state index contributed by atoms with van der Waals surface area (Å²) in [5, 5.41) is 6.49. The van der Waals surface area contributed by atoms with E-state index in [4.69, 9.17) is 9.72 Å². The van der Waals surface area contributed by atoms with Gasteiger partial charge in [0, 0.05) is 62.6 Å². The van der Waals surface area contributed by atoms with E-state index in [0.29, 0.717) is 29.2 Å². The topological polar surface area (TPSA) is 97.2 Å². The van der Waals surface area contributed by atoms with Crippen molar-refractivity contribution in [1.82, 2.24) is 29.7 Å². The summed E-state index contributed by atoms with van der Waals surface area (Å²) in [7, 11) is 1.97. The largest absolute Gasteiger partial charge is 0.457 e. The first-order valence-electron chi connectivity index (χ1n) is 13.4. The summed E-state index contributed by atoms with van der Waals surface area (Å²) in [6, 6.07) is 22.0. The minimum atomic E-state index is -0.192. The van der Waals surface area contributed by atoms with Gasteiger partial charge in [-0.2, -0.15) is 0 Å². The molecule has 1 aliphatic heterocycles. The first kappa shape index (κ1) is 25.5. The molecule has 1 saturated heterocycles. The second-order valence-electron chi connectivity index (χ2n) is 10.3. The number of ether oxygens (including phenoxy) is 1. The lowest BCUT2D eigenvalue weighted by Gasteiger charge is -2.42. The van der Waals surface area contributed by atoms with E-state index in [1.165, 1.54) is 0 Å². The van der Waals surface area contributed by atoms with Gasteiger partial charge in [-0.15, -0.1) is 0 Å². The molecule has 9 nitrogen and oxygen atoms in total. The van der Waals surface area contributed by atoms with Gasteiger partial charge in [-0.25, -0.2) is 4.98 Å². The molecule has 40 heavy (non-hydrogen) atoms. The van der Waals surface area contributed by atoms with E-state index in [-0.39, 0.29) is 11.9 Å². The van der Waals surface area contributed by atoms with E-state index < -0.39 is 0 Å². The van der Waals surface area contributed by atoms with Crippen molar-refractivity contribution in [2.45, 2.75) is 25.9 Å². The number of nitrogens with one attached hydrogen (secondary N) is 2. The minimum absolute atomic E-state index is 0.147. The number of hydrogen-bond donors (Lipinski definition) is 2. The van der Waals surface area contributed by atoms with Crippen molar-refractivity contribution in [3.8, 4) is 22.6 Å². The summed E-state index contributed by atoms with van der Waals surface area (Å²) in [6.07, 6.45) is 5.17. The van der Waals surface area contributed by atoms with Crippen LogP contribution in [-0.2, 0) is 7.05 Å². The van der Waals surface area contributed by atoms with E-state index in [1.807, 2.05) is 54.1 Å². The van der Waals surface area contributed by atoms with Gasteiger partial charge in [0.1, 0.15) is 17.2 Å². The first-order chi connectivity index (χ1) is 19.4. The number of rotatable bonds is 8. The number of likely N-dealkylation sites (tertiary alicyclic amines) is 1. The summed E-state index contributed by atoms with van der Waals surface area (Å²) >= 11 is 0. The van der Waals surface area contributed by atoms with Crippen LogP contribution in [0, 0.1) is 0 Å². The van der Waals surface area contributed by atoms with Gasteiger partial charge in [-0.05, 0) is 67.4 Å². The number of nitrogens with zero attached hydrogens (tertiary/aromatic N) is 5. The smallest absolute Gasteiger partial charge is 0.270 e. The maximum atomic E-state index is 12.7. The highest BCUT2D eigenvalue weighted by molar-refractivity contribution is 5.93. The third-order valence-electron chi connectivity index (χ3n) is 7.16. The average molecular weight is 534 g/mol. The Labute approximate surface area is 232 Å². The Kier molecular flexibility index (Phi) is 6.88. The van der Waals surface area contributed by atoms with Crippen molar-refractivity contribution in [3.05, 3.63) is 91.0 Å². The van der Waals surface area contributed by atoms with Crippen LogP contribution < -0.4 is 15.4 Å². The molecule has 0 spiro atoms. The highest BCUT2D eigenvalue weighted by Gasteiger charge is 2.30. The maximum Gasteiger partial charge on any atom is 0.270 e. The van der Waals surface area contributed by atoms with Crippen molar-refractivity contribution in [2.75, 3.05) is 18.4 Å². The Morgan fingerprint density at radius 3 is 2.55 bits per heavy atom. The van der Waals surface area contributed by atoms with Crippen molar-refractivity contribution in [2.24, 2.45) is 7.05 Å². The molecule has 6 rings (SSSR count). The maximum absolute atomic E-state index is 12.7. The fraction of sp³-hybridized carbons (Fsp3) is 0.226. The number of aryl methyl sites for hydroxylation is 1. The van der Waals surface area contributed by atoms with E-state index in [9.17, 15) is 4.79 Å². The van der Waals surface area contributed by atoms with Crippen LogP contribution >= 0.6 is 0 Å². The molecule has 0 bridgehead atoms. The number of imidazole rings is 1. The van der Waals surface area contributed by atoms with Crippen LogP contribution in [0.1, 0.15) is 24.3 Å². The molecule has 5 aromatic rings. The van der Waals surface area contributed by atoms with E-state index in [2.05, 4.69) is 51.5 Å². The molecule has 0 aliphatic carbocycles. The van der Waals surface area contributed by atoms with Crippen molar-refractivity contribution < 1.29 is 9.53 Å². The molecule has 3 aromatic heterocycles. The van der Waals surface area contributed by atoms with Crippen LogP contribution in [0.2, 0.25) is 0 Å². The Morgan fingerprint density at radius 1 is 0.950 bits per heavy atom. The van der Waals surface area contributed by atoms with Crippen molar-refractivity contribution >= 4 is 28.6 Å². The zero-order valence-corrected chi connectivity index (χ0v) is 22.7. The molecule has 2 aromatic carbocycles. The molecule has 1 fully saturated rings. The van der Waals surface area contributed by atoms with Gasteiger partial charge in [0.05, 0.1) is 17.1 Å². The number of benzene rings is 2. The number of carbonyl (C=O) groups excluding carboxylic acids is 1. The number of pyridine rings is 2. The highest BCUT2D eigenvalue weighted by Crippen LogP contribution is 2.29. The molecule has 2 N–H and O–H groups in total. The van der Waals surface area contributed by atoms with Gasteiger partial charge in [0.15, 0.2) is 0 Å². The molecule has 9 heteroatoms. The number of hydrogen-bond acceptors (Lipinski definition) is 7. The van der Waals surface area contributed by atoms with Gasteiger partial charge in [0.25, 0.3) is 5.91 Å². The van der Waals surface area contributed by atoms with Crippen LogP contribution in [0.4, 0.5) is 11.6 Å². The molecular weight excluding hydrogens is 502 g/mol. The fourth-order valence-electron chi connectivity index (χ4n) is 4.82. The number of anilines is 2. The van der Waals surface area contributed by atoms with E-state index >= 15 is 0 Å². The minimum Gasteiger partial charge on any atom is -0.457 e. The standard InChI is InChI=1S/C31H31N7O2/c1-20(2)38-18-24(19-38)34-30(39)28-17-26(11-14-33-28)40-25-7-8-29-27(16-25)36-31(37(29)3)35-23-6-4-5-22(15-23)21-9-12-32-13-10-21/h4-17,20,24H,18-19H2,1-3H3,(H,34,39)(H,35,36). The van der Waals surface area contributed by atoms with Crippen molar-refractivity contribution in [3.63, 3.8) is 0 Å². The van der Waals surface area contributed by atoms with Gasteiger partial charge in [-0.3, -0.25) is 19.7 Å². The van der Waals surface area contributed by atoms with Gasteiger partial charge < -0.3 is 19.9 Å².